The number of nitrogens with zero attached hydrogens (tertiary/aromatic N) is 4. The zero-order chi connectivity index (χ0) is 22.5. The second-order valence-corrected chi connectivity index (χ2v) is 8.57. The maximum absolute atomic E-state index is 13.4. The van der Waals surface area contributed by atoms with Gasteiger partial charge in [-0.05, 0) is 37.1 Å². The molecular formula is C24H23BrN4O3. The predicted molar refractivity (Wildman–Crippen MR) is 127 cm³/mol. The van der Waals surface area contributed by atoms with Gasteiger partial charge in [0.15, 0.2) is 18.1 Å². The summed E-state index contributed by atoms with van der Waals surface area (Å²) >= 11 is 3.46. The van der Waals surface area contributed by atoms with Crippen LogP contribution in [0.2, 0.25) is 0 Å². The fourth-order valence-corrected chi connectivity index (χ4v) is 4.55. The number of aromatic nitrogens is 2. The van der Waals surface area contributed by atoms with Gasteiger partial charge < -0.3 is 9.47 Å². The van der Waals surface area contributed by atoms with E-state index in [2.05, 4.69) is 21.0 Å². The molecule has 0 bridgehead atoms. The summed E-state index contributed by atoms with van der Waals surface area (Å²) in [6.07, 6.45) is 6.97. The van der Waals surface area contributed by atoms with E-state index in [9.17, 15) is 4.79 Å². The maximum atomic E-state index is 13.4. The molecule has 1 aliphatic carbocycles. The van der Waals surface area contributed by atoms with Crippen LogP contribution in [0.15, 0.2) is 50.8 Å². The highest BCUT2D eigenvalue weighted by atomic mass is 79.9. The van der Waals surface area contributed by atoms with Crippen LogP contribution in [0.4, 0.5) is 0 Å². The molecule has 7 nitrogen and oxygen atoms in total. The highest BCUT2D eigenvalue weighted by Crippen LogP contribution is 2.35. The molecule has 1 aliphatic rings. The first-order valence-electron chi connectivity index (χ1n) is 10.6. The average Bonchev–Trinajstić information content (AvgIpc) is 2.82. The van der Waals surface area contributed by atoms with Gasteiger partial charge in [0.2, 0.25) is 0 Å². The van der Waals surface area contributed by atoms with E-state index in [0.717, 1.165) is 30.2 Å². The minimum Gasteiger partial charge on any atom is -0.493 e. The van der Waals surface area contributed by atoms with Crippen molar-refractivity contribution in [1.29, 1.82) is 5.26 Å². The van der Waals surface area contributed by atoms with Gasteiger partial charge in [0.25, 0.3) is 5.56 Å². The van der Waals surface area contributed by atoms with Crippen LogP contribution >= 0.6 is 15.9 Å². The predicted octanol–water partition coefficient (Wildman–Crippen LogP) is 5.00. The van der Waals surface area contributed by atoms with Crippen LogP contribution in [-0.4, -0.2) is 29.6 Å². The van der Waals surface area contributed by atoms with Gasteiger partial charge in [-0.15, -0.1) is 0 Å². The van der Waals surface area contributed by atoms with E-state index >= 15 is 0 Å². The Kier molecular flexibility index (Phi) is 6.86. The minimum atomic E-state index is -0.200. The highest BCUT2D eigenvalue weighted by molar-refractivity contribution is 9.10. The minimum absolute atomic E-state index is 0.135. The summed E-state index contributed by atoms with van der Waals surface area (Å²) in [6, 6.07) is 12.9. The zero-order valence-electron chi connectivity index (χ0n) is 17.8. The second-order valence-electron chi connectivity index (χ2n) is 7.66. The Bertz CT molecular complexity index is 1260. The molecule has 0 saturated heterocycles. The third-order valence-electron chi connectivity index (χ3n) is 5.61. The van der Waals surface area contributed by atoms with Crippen LogP contribution in [0.25, 0.3) is 10.9 Å². The van der Waals surface area contributed by atoms with E-state index in [4.69, 9.17) is 19.7 Å². The fraction of sp³-hybridized carbons (Fsp3) is 0.333. The molecule has 0 atom stereocenters. The summed E-state index contributed by atoms with van der Waals surface area (Å²) in [4.78, 5) is 18.2. The van der Waals surface area contributed by atoms with Gasteiger partial charge in [0.1, 0.15) is 11.9 Å². The van der Waals surface area contributed by atoms with Gasteiger partial charge in [0, 0.05) is 16.0 Å². The highest BCUT2D eigenvalue weighted by Gasteiger charge is 2.22. The van der Waals surface area contributed by atoms with Crippen molar-refractivity contribution in [3.05, 3.63) is 62.6 Å². The molecule has 32 heavy (non-hydrogen) atoms. The zero-order valence-corrected chi connectivity index (χ0v) is 19.3. The van der Waals surface area contributed by atoms with Crippen molar-refractivity contribution in [2.75, 3.05) is 13.7 Å². The van der Waals surface area contributed by atoms with Crippen molar-refractivity contribution < 1.29 is 9.47 Å². The Morgan fingerprint density at radius 1 is 1.28 bits per heavy atom. The number of halogens is 1. The van der Waals surface area contributed by atoms with Gasteiger partial charge >= 0.3 is 0 Å². The Hall–Kier alpha value is -3.18. The summed E-state index contributed by atoms with van der Waals surface area (Å²) in [5.74, 6) is 1.73. The van der Waals surface area contributed by atoms with Crippen molar-refractivity contribution in [2.24, 2.45) is 5.10 Å². The Morgan fingerprint density at radius 2 is 2.06 bits per heavy atom. The van der Waals surface area contributed by atoms with Crippen LogP contribution < -0.4 is 15.0 Å². The molecule has 0 unspecified atom stereocenters. The molecule has 0 amide bonds. The summed E-state index contributed by atoms with van der Waals surface area (Å²) in [5.41, 5.74) is 1.07. The summed E-state index contributed by atoms with van der Waals surface area (Å²) in [6.45, 7) is -0.135. The van der Waals surface area contributed by atoms with E-state index in [1.54, 1.807) is 24.4 Å². The number of fused-ring (bicyclic) bond motifs is 1. The summed E-state index contributed by atoms with van der Waals surface area (Å²) < 4.78 is 13.2. The van der Waals surface area contributed by atoms with Gasteiger partial charge in [-0.3, -0.25) is 4.79 Å². The molecular weight excluding hydrogens is 472 g/mol. The van der Waals surface area contributed by atoms with Crippen LogP contribution in [0.3, 0.4) is 0 Å². The smallest absolute Gasteiger partial charge is 0.282 e. The van der Waals surface area contributed by atoms with Crippen LogP contribution in [0, 0.1) is 11.3 Å². The topological polar surface area (TPSA) is 89.5 Å². The van der Waals surface area contributed by atoms with E-state index in [1.807, 2.05) is 24.3 Å². The number of para-hydroxylation sites is 1. The quantitative estimate of drug-likeness (QED) is 0.449. The second kappa shape index (κ2) is 9.96. The van der Waals surface area contributed by atoms with Gasteiger partial charge in [-0.2, -0.15) is 15.0 Å². The molecule has 0 radical (unpaired) electrons. The van der Waals surface area contributed by atoms with Gasteiger partial charge in [-0.1, -0.05) is 47.3 Å². The lowest BCUT2D eigenvalue weighted by Gasteiger charge is -2.22. The molecule has 164 valence electrons. The third kappa shape index (κ3) is 4.53. The first-order chi connectivity index (χ1) is 15.6. The third-order valence-corrected chi connectivity index (χ3v) is 6.07. The standard InChI is InChI=1S/C24H23BrN4O3/c1-31-21-14-18(25)13-17(22(21)32-12-11-26)15-27-29-23(16-7-3-2-4-8-16)28-20-10-6-5-9-19(20)24(29)30/h5-6,9-10,13-16H,2-4,7-8,12H2,1H3. The molecule has 8 heteroatoms. The van der Waals surface area contributed by atoms with E-state index in [1.165, 1.54) is 18.2 Å². The van der Waals surface area contributed by atoms with Crippen molar-refractivity contribution in [3.8, 4) is 17.6 Å². The number of ether oxygens (including phenoxy) is 2. The Balaban J connectivity index is 1.85. The number of benzene rings is 2. The first-order valence-corrected chi connectivity index (χ1v) is 11.3. The molecule has 1 saturated carbocycles. The molecule has 1 aromatic heterocycles. The summed E-state index contributed by atoms with van der Waals surface area (Å²) in [5, 5.41) is 14.0. The maximum Gasteiger partial charge on any atom is 0.282 e. The lowest BCUT2D eigenvalue weighted by Crippen LogP contribution is -2.25. The fourth-order valence-electron chi connectivity index (χ4n) is 4.09. The number of nitriles is 1. The lowest BCUT2D eigenvalue weighted by molar-refractivity contribution is 0.329. The van der Waals surface area contributed by atoms with E-state index in [0.29, 0.717) is 33.8 Å². The number of methoxy groups -OCH3 is 1. The molecule has 4 rings (SSSR count). The van der Waals surface area contributed by atoms with Crippen molar-refractivity contribution >= 4 is 33.0 Å². The van der Waals surface area contributed by atoms with Gasteiger partial charge in [0.05, 0.1) is 24.2 Å². The summed E-state index contributed by atoms with van der Waals surface area (Å²) in [7, 11) is 1.53. The average molecular weight is 495 g/mol. The van der Waals surface area contributed by atoms with Crippen LogP contribution in [-0.2, 0) is 0 Å². The Labute approximate surface area is 194 Å². The van der Waals surface area contributed by atoms with E-state index in [-0.39, 0.29) is 18.1 Å². The first kappa shape index (κ1) is 22.0. The van der Waals surface area contributed by atoms with Crippen LogP contribution in [0.5, 0.6) is 11.5 Å². The normalized spacial score (nSPS) is 14.5. The molecule has 0 spiro atoms. The molecule has 2 aromatic carbocycles. The molecule has 3 aromatic rings. The Morgan fingerprint density at radius 3 is 2.81 bits per heavy atom. The number of rotatable bonds is 6. The van der Waals surface area contributed by atoms with Gasteiger partial charge in [-0.25, -0.2) is 4.98 Å². The SMILES string of the molecule is COc1cc(Br)cc(C=Nn2c(C3CCCCC3)nc3ccccc3c2=O)c1OCC#N. The number of hydrogen-bond donors (Lipinski definition) is 0. The number of hydrogen-bond acceptors (Lipinski definition) is 6. The molecule has 0 N–H and O–H groups in total. The van der Waals surface area contributed by atoms with Crippen molar-refractivity contribution in [3.63, 3.8) is 0 Å². The monoisotopic (exact) mass is 494 g/mol. The van der Waals surface area contributed by atoms with Crippen molar-refractivity contribution in [1.82, 2.24) is 9.66 Å². The molecule has 0 aliphatic heterocycles. The lowest BCUT2D eigenvalue weighted by atomic mass is 9.88. The molecule has 1 heterocycles. The van der Waals surface area contributed by atoms with Crippen molar-refractivity contribution in [2.45, 2.75) is 38.0 Å². The largest absolute Gasteiger partial charge is 0.493 e. The van der Waals surface area contributed by atoms with E-state index < -0.39 is 0 Å². The molecule has 1 fully saturated rings. The van der Waals surface area contributed by atoms with Crippen LogP contribution in [0.1, 0.15) is 49.4 Å².